The van der Waals surface area contributed by atoms with Crippen LogP contribution < -0.4 is 5.32 Å². The number of fused-ring (bicyclic) bond motifs is 1. The van der Waals surface area contributed by atoms with E-state index in [0.717, 1.165) is 55.9 Å². The highest BCUT2D eigenvalue weighted by Crippen LogP contribution is 2.42. The fourth-order valence-electron chi connectivity index (χ4n) is 6.59. The zero-order valence-corrected chi connectivity index (χ0v) is 23.4. The summed E-state index contributed by atoms with van der Waals surface area (Å²) in [5.41, 5.74) is 0.315. The standard InChI is InChI=1S/C30H45N3O6/c1-32(29(35)36)21-25(19-22-9-3-4-10-22)31-28(34)33-16-8-12-24(20-33)30(37,15-5-6-17-38-2)26-13-7-11-23-14-18-39-27(23)26/h7,11,13-14,18,22,24-25,37H,3-6,8-10,12,15-17,19-21H2,1-2H3,(H,31,34)(H,35,36)/t24-,25-,30+/m1/s1. The Morgan fingerprint density at radius 1 is 1.21 bits per heavy atom. The van der Waals surface area contributed by atoms with Crippen molar-refractivity contribution in [2.45, 2.75) is 75.9 Å². The van der Waals surface area contributed by atoms with Crippen molar-refractivity contribution in [1.82, 2.24) is 15.1 Å². The number of carbonyl (C=O) groups excluding carboxylic acids is 1. The van der Waals surface area contributed by atoms with E-state index in [1.54, 1.807) is 25.3 Å². The van der Waals surface area contributed by atoms with Gasteiger partial charge in [0, 0.05) is 63.3 Å². The number of hydrogen-bond acceptors (Lipinski definition) is 5. The van der Waals surface area contributed by atoms with Crippen LogP contribution in [0.5, 0.6) is 0 Å². The van der Waals surface area contributed by atoms with Crippen LogP contribution in [0.1, 0.15) is 69.8 Å². The topological polar surface area (TPSA) is 115 Å². The molecule has 216 valence electrons. The number of aliphatic hydroxyl groups is 1. The molecule has 1 saturated heterocycles. The van der Waals surface area contributed by atoms with Crippen LogP contribution in [0.25, 0.3) is 11.0 Å². The summed E-state index contributed by atoms with van der Waals surface area (Å²) in [5.74, 6) is 0.350. The van der Waals surface area contributed by atoms with Gasteiger partial charge in [-0.1, -0.05) is 43.9 Å². The van der Waals surface area contributed by atoms with E-state index in [-0.39, 0.29) is 24.5 Å². The van der Waals surface area contributed by atoms with Gasteiger partial charge in [0.25, 0.3) is 0 Å². The van der Waals surface area contributed by atoms with Crippen LogP contribution in [0.15, 0.2) is 34.9 Å². The zero-order valence-electron chi connectivity index (χ0n) is 23.4. The maximum atomic E-state index is 13.5. The Balaban J connectivity index is 1.50. The van der Waals surface area contributed by atoms with Crippen molar-refractivity contribution in [2.24, 2.45) is 11.8 Å². The van der Waals surface area contributed by atoms with Crippen LogP contribution in [-0.2, 0) is 10.3 Å². The van der Waals surface area contributed by atoms with E-state index in [4.69, 9.17) is 9.15 Å². The number of nitrogens with zero attached hydrogens (tertiary/aromatic N) is 2. The summed E-state index contributed by atoms with van der Waals surface area (Å²) < 4.78 is 11.1. The Bertz CT molecular complexity index is 1080. The number of para-hydroxylation sites is 1. The summed E-state index contributed by atoms with van der Waals surface area (Å²) in [5, 5.41) is 25.9. The second-order valence-electron chi connectivity index (χ2n) is 11.5. The first-order valence-electron chi connectivity index (χ1n) is 14.5. The first kappa shape index (κ1) is 29.2. The fourth-order valence-corrected chi connectivity index (χ4v) is 6.59. The van der Waals surface area contributed by atoms with E-state index in [9.17, 15) is 19.8 Å². The smallest absolute Gasteiger partial charge is 0.407 e. The van der Waals surface area contributed by atoms with Gasteiger partial charge in [-0.25, -0.2) is 9.59 Å². The minimum Gasteiger partial charge on any atom is -0.465 e. The maximum Gasteiger partial charge on any atom is 0.407 e. The lowest BCUT2D eigenvalue weighted by Crippen LogP contribution is -2.54. The monoisotopic (exact) mass is 543 g/mol. The number of likely N-dealkylation sites (N-methyl/N-ethyl adjacent to an activating group) is 1. The van der Waals surface area contributed by atoms with E-state index in [0.29, 0.717) is 37.6 Å². The molecule has 0 bridgehead atoms. The van der Waals surface area contributed by atoms with Crippen molar-refractivity contribution in [3.63, 3.8) is 0 Å². The number of carboxylic acid groups (broad SMARTS) is 1. The quantitative estimate of drug-likeness (QED) is 0.308. The van der Waals surface area contributed by atoms with E-state index in [1.807, 2.05) is 24.3 Å². The molecule has 3 amide bonds. The van der Waals surface area contributed by atoms with Crippen molar-refractivity contribution < 1.29 is 29.0 Å². The molecule has 1 aromatic heterocycles. The van der Waals surface area contributed by atoms with Gasteiger partial charge in [0.05, 0.1) is 11.9 Å². The summed E-state index contributed by atoms with van der Waals surface area (Å²) in [7, 11) is 3.23. The lowest BCUT2D eigenvalue weighted by molar-refractivity contribution is -0.0558. The van der Waals surface area contributed by atoms with Crippen molar-refractivity contribution in [2.75, 3.05) is 40.4 Å². The molecule has 9 heteroatoms. The van der Waals surface area contributed by atoms with E-state index in [2.05, 4.69) is 5.32 Å². The van der Waals surface area contributed by atoms with Crippen molar-refractivity contribution in [3.8, 4) is 0 Å². The Morgan fingerprint density at radius 2 is 2.00 bits per heavy atom. The van der Waals surface area contributed by atoms with Gasteiger partial charge in [0.2, 0.25) is 0 Å². The highest BCUT2D eigenvalue weighted by Gasteiger charge is 2.43. The van der Waals surface area contributed by atoms with Crippen LogP contribution in [-0.4, -0.2) is 78.6 Å². The van der Waals surface area contributed by atoms with Crippen molar-refractivity contribution in [1.29, 1.82) is 0 Å². The van der Waals surface area contributed by atoms with Gasteiger partial charge < -0.3 is 34.5 Å². The maximum absolute atomic E-state index is 13.5. The first-order valence-corrected chi connectivity index (χ1v) is 14.5. The predicted molar refractivity (Wildman–Crippen MR) is 150 cm³/mol. The van der Waals surface area contributed by atoms with Gasteiger partial charge in [-0.3, -0.25) is 0 Å². The third-order valence-electron chi connectivity index (χ3n) is 8.73. The molecule has 2 fully saturated rings. The van der Waals surface area contributed by atoms with Gasteiger partial charge in [-0.15, -0.1) is 0 Å². The molecule has 0 radical (unpaired) electrons. The van der Waals surface area contributed by atoms with Crippen LogP contribution in [0.3, 0.4) is 0 Å². The molecule has 39 heavy (non-hydrogen) atoms. The number of benzene rings is 1. The summed E-state index contributed by atoms with van der Waals surface area (Å²) in [6.45, 7) is 1.93. The fraction of sp³-hybridized carbons (Fsp3) is 0.667. The minimum absolute atomic E-state index is 0.162. The molecule has 1 saturated carbocycles. The first-order chi connectivity index (χ1) is 18.8. The molecule has 0 spiro atoms. The van der Waals surface area contributed by atoms with Crippen LogP contribution in [0.4, 0.5) is 9.59 Å². The number of piperidine rings is 1. The summed E-state index contributed by atoms with van der Waals surface area (Å²) in [4.78, 5) is 28.1. The number of amides is 3. The molecule has 2 heterocycles. The molecule has 0 unspecified atom stereocenters. The summed E-state index contributed by atoms with van der Waals surface area (Å²) in [6.07, 6.45) is 9.84. The van der Waals surface area contributed by atoms with Gasteiger partial charge in [-0.2, -0.15) is 0 Å². The number of furan rings is 1. The van der Waals surface area contributed by atoms with Crippen LogP contribution in [0, 0.1) is 11.8 Å². The van der Waals surface area contributed by atoms with Gasteiger partial charge in [0.15, 0.2) is 0 Å². The Labute approximate surface area is 231 Å². The third-order valence-corrected chi connectivity index (χ3v) is 8.73. The molecule has 2 aliphatic rings. The number of hydrogen-bond donors (Lipinski definition) is 3. The highest BCUT2D eigenvalue weighted by molar-refractivity contribution is 5.81. The second kappa shape index (κ2) is 13.5. The van der Waals surface area contributed by atoms with Gasteiger partial charge >= 0.3 is 12.1 Å². The molecular formula is C30H45N3O6. The van der Waals surface area contributed by atoms with E-state index in [1.165, 1.54) is 17.7 Å². The second-order valence-corrected chi connectivity index (χ2v) is 11.5. The zero-order chi connectivity index (χ0) is 27.8. The molecule has 2 aromatic rings. The number of carbonyl (C=O) groups is 2. The summed E-state index contributed by atoms with van der Waals surface area (Å²) in [6, 6.07) is 7.36. The van der Waals surface area contributed by atoms with Crippen LogP contribution >= 0.6 is 0 Å². The number of nitrogens with one attached hydrogen (secondary N) is 1. The molecule has 1 aliphatic carbocycles. The minimum atomic E-state index is -1.16. The number of likely N-dealkylation sites (tertiary alicyclic amines) is 1. The largest absolute Gasteiger partial charge is 0.465 e. The molecule has 4 rings (SSSR count). The average Bonchev–Trinajstić information content (AvgIpc) is 3.63. The lowest BCUT2D eigenvalue weighted by atomic mass is 9.73. The molecule has 9 nitrogen and oxygen atoms in total. The number of ether oxygens (including phenoxy) is 1. The summed E-state index contributed by atoms with van der Waals surface area (Å²) >= 11 is 0. The molecule has 3 N–H and O–H groups in total. The number of unbranched alkanes of at least 4 members (excludes halogenated alkanes) is 1. The van der Waals surface area contributed by atoms with E-state index >= 15 is 0 Å². The molecule has 3 atom stereocenters. The molecule has 1 aromatic carbocycles. The van der Waals surface area contributed by atoms with Crippen molar-refractivity contribution >= 4 is 23.1 Å². The lowest BCUT2D eigenvalue weighted by Gasteiger charge is -2.43. The highest BCUT2D eigenvalue weighted by atomic mass is 16.5. The Morgan fingerprint density at radius 3 is 2.74 bits per heavy atom. The number of rotatable bonds is 12. The Kier molecular flexibility index (Phi) is 10.1. The SMILES string of the molecule is COCCCC[C@@](O)(c1cccc2ccoc12)[C@@H]1CCCN(C(=O)N[C@H](CC2CCCC2)CN(C)C(=O)O)C1. The van der Waals surface area contributed by atoms with Crippen molar-refractivity contribution in [3.05, 3.63) is 36.1 Å². The average molecular weight is 544 g/mol. The predicted octanol–water partition coefficient (Wildman–Crippen LogP) is 5.42. The van der Waals surface area contributed by atoms with E-state index < -0.39 is 11.7 Å². The molecular weight excluding hydrogens is 498 g/mol. The molecule has 1 aliphatic heterocycles. The van der Waals surface area contributed by atoms with Gasteiger partial charge in [0.1, 0.15) is 5.58 Å². The normalized spacial score (nSPS) is 20.6. The number of methoxy groups -OCH3 is 1. The number of urea groups is 1. The van der Waals surface area contributed by atoms with Gasteiger partial charge in [-0.05, 0) is 50.5 Å². The third kappa shape index (κ3) is 7.25. The van der Waals surface area contributed by atoms with Crippen LogP contribution in [0.2, 0.25) is 0 Å². The Hall–Kier alpha value is -2.78.